The third-order valence-electron chi connectivity index (χ3n) is 2.61. The van der Waals surface area contributed by atoms with Gasteiger partial charge in [-0.3, -0.25) is 4.79 Å². The minimum atomic E-state index is -0.861. The molecule has 0 spiro atoms. The number of benzene rings is 1. The molecule has 0 aromatic heterocycles. The Morgan fingerprint density at radius 2 is 2.00 bits per heavy atom. The predicted molar refractivity (Wildman–Crippen MR) is 66.3 cm³/mol. The van der Waals surface area contributed by atoms with Crippen molar-refractivity contribution in [3.8, 4) is 0 Å². The highest BCUT2D eigenvalue weighted by atomic mass is 79.9. The lowest BCUT2D eigenvalue weighted by Crippen LogP contribution is -2.49. The second kappa shape index (κ2) is 5.12. The Bertz CT molecular complexity index is 433. The van der Waals surface area contributed by atoms with Crippen molar-refractivity contribution in [2.24, 2.45) is 0 Å². The molecule has 5 heteroatoms. The molecule has 1 aromatic rings. The van der Waals surface area contributed by atoms with E-state index in [0.29, 0.717) is 6.07 Å². The summed E-state index contributed by atoms with van der Waals surface area (Å²) < 4.78 is 26.1. The fraction of sp³-hybridized carbons (Fsp3) is 0.417. The second-order valence-electron chi connectivity index (χ2n) is 4.42. The van der Waals surface area contributed by atoms with E-state index in [0.717, 1.165) is 12.1 Å². The van der Waals surface area contributed by atoms with Gasteiger partial charge in [0.2, 0.25) is 0 Å². The Morgan fingerprint density at radius 1 is 1.41 bits per heavy atom. The fourth-order valence-corrected chi connectivity index (χ4v) is 1.25. The molecule has 1 unspecified atom stereocenters. The smallest absolute Gasteiger partial charge is 0.254 e. The topological polar surface area (TPSA) is 29.1 Å². The van der Waals surface area contributed by atoms with Crippen molar-refractivity contribution in [1.29, 1.82) is 0 Å². The first-order valence-electron chi connectivity index (χ1n) is 5.15. The number of amides is 1. The zero-order chi connectivity index (χ0) is 13.2. The number of alkyl halides is 1. The summed E-state index contributed by atoms with van der Waals surface area (Å²) in [6, 6.07) is 2.89. The zero-order valence-electron chi connectivity index (χ0n) is 9.85. The third-order valence-corrected chi connectivity index (χ3v) is 3.75. The standard InChI is InChI=1S/C12H14BrF2NO/c1-7(13)12(2,3)16-11(17)9-5-4-8(14)6-10(9)15/h4-7H,1-3H3,(H,16,17). The maximum absolute atomic E-state index is 13.4. The Hall–Kier alpha value is -0.970. The van der Waals surface area contributed by atoms with E-state index in [1.54, 1.807) is 0 Å². The van der Waals surface area contributed by atoms with Crippen molar-refractivity contribution in [3.05, 3.63) is 35.4 Å². The first-order valence-corrected chi connectivity index (χ1v) is 6.07. The molecule has 0 saturated carbocycles. The summed E-state index contributed by atoms with van der Waals surface area (Å²) in [7, 11) is 0. The highest BCUT2D eigenvalue weighted by molar-refractivity contribution is 9.09. The Balaban J connectivity index is 2.91. The SMILES string of the molecule is CC(Br)C(C)(C)NC(=O)c1ccc(F)cc1F. The zero-order valence-corrected chi connectivity index (χ0v) is 11.4. The largest absolute Gasteiger partial charge is 0.346 e. The van der Waals surface area contributed by atoms with Gasteiger partial charge in [-0.25, -0.2) is 8.78 Å². The Labute approximate surface area is 108 Å². The second-order valence-corrected chi connectivity index (χ2v) is 5.79. The van der Waals surface area contributed by atoms with Gasteiger partial charge in [-0.2, -0.15) is 0 Å². The van der Waals surface area contributed by atoms with Gasteiger partial charge >= 0.3 is 0 Å². The maximum atomic E-state index is 13.4. The van der Waals surface area contributed by atoms with Crippen LogP contribution in [0.1, 0.15) is 31.1 Å². The average Bonchev–Trinajstić information content (AvgIpc) is 2.15. The molecule has 0 saturated heterocycles. The number of carbonyl (C=O) groups excluding carboxylic acids is 1. The number of hydrogen-bond acceptors (Lipinski definition) is 1. The van der Waals surface area contributed by atoms with Crippen LogP contribution >= 0.6 is 15.9 Å². The van der Waals surface area contributed by atoms with Crippen LogP contribution in [0.15, 0.2) is 18.2 Å². The Morgan fingerprint density at radius 3 is 2.47 bits per heavy atom. The summed E-state index contributed by atoms with van der Waals surface area (Å²) in [6.45, 7) is 5.50. The summed E-state index contributed by atoms with van der Waals surface area (Å²) in [6.07, 6.45) is 0. The van der Waals surface area contributed by atoms with Crippen molar-refractivity contribution in [2.75, 3.05) is 0 Å². The predicted octanol–water partition coefficient (Wildman–Crippen LogP) is 3.26. The van der Waals surface area contributed by atoms with Crippen LogP contribution in [-0.4, -0.2) is 16.3 Å². The molecule has 0 radical (unpaired) electrons. The average molecular weight is 306 g/mol. The van der Waals surface area contributed by atoms with Crippen LogP contribution < -0.4 is 5.32 Å². The molecule has 0 bridgehead atoms. The number of carbonyl (C=O) groups is 1. The van der Waals surface area contributed by atoms with E-state index in [4.69, 9.17) is 0 Å². The Kier molecular flexibility index (Phi) is 4.25. The minimum Gasteiger partial charge on any atom is -0.346 e. The van der Waals surface area contributed by atoms with Crippen LogP contribution in [0.3, 0.4) is 0 Å². The number of nitrogens with one attached hydrogen (secondary N) is 1. The van der Waals surface area contributed by atoms with Crippen molar-refractivity contribution < 1.29 is 13.6 Å². The van der Waals surface area contributed by atoms with Crippen LogP contribution in [0.5, 0.6) is 0 Å². The van der Waals surface area contributed by atoms with Crippen LogP contribution in [0.2, 0.25) is 0 Å². The van der Waals surface area contributed by atoms with E-state index < -0.39 is 23.1 Å². The molecule has 94 valence electrons. The molecule has 0 heterocycles. The molecule has 0 aliphatic heterocycles. The highest BCUT2D eigenvalue weighted by Crippen LogP contribution is 2.18. The van der Waals surface area contributed by atoms with Crippen LogP contribution in [0, 0.1) is 11.6 Å². The first-order chi connectivity index (χ1) is 7.74. The molecule has 1 aromatic carbocycles. The molecule has 1 atom stereocenters. The molecular weight excluding hydrogens is 292 g/mol. The van der Waals surface area contributed by atoms with Crippen molar-refractivity contribution in [2.45, 2.75) is 31.1 Å². The molecule has 1 N–H and O–H groups in total. The van der Waals surface area contributed by atoms with Gasteiger partial charge in [0, 0.05) is 16.4 Å². The van der Waals surface area contributed by atoms with Crippen LogP contribution in [0.4, 0.5) is 8.78 Å². The van der Waals surface area contributed by atoms with Gasteiger partial charge in [-0.1, -0.05) is 22.9 Å². The van der Waals surface area contributed by atoms with E-state index in [1.165, 1.54) is 0 Å². The fourth-order valence-electron chi connectivity index (χ4n) is 1.13. The molecule has 0 fully saturated rings. The molecule has 1 amide bonds. The molecule has 2 nitrogen and oxygen atoms in total. The van der Waals surface area contributed by atoms with E-state index in [2.05, 4.69) is 21.2 Å². The maximum Gasteiger partial charge on any atom is 0.254 e. The third kappa shape index (κ3) is 3.49. The van der Waals surface area contributed by atoms with Crippen molar-refractivity contribution in [3.63, 3.8) is 0 Å². The minimum absolute atomic E-state index is 0.0162. The highest BCUT2D eigenvalue weighted by Gasteiger charge is 2.27. The van der Waals surface area contributed by atoms with Gasteiger partial charge in [0.15, 0.2) is 0 Å². The summed E-state index contributed by atoms with van der Waals surface area (Å²) in [5.41, 5.74) is -0.689. The summed E-state index contributed by atoms with van der Waals surface area (Å²) in [5.74, 6) is -2.12. The summed E-state index contributed by atoms with van der Waals surface area (Å²) >= 11 is 3.36. The lowest BCUT2D eigenvalue weighted by Gasteiger charge is -2.29. The van der Waals surface area contributed by atoms with Gasteiger partial charge in [-0.05, 0) is 26.0 Å². The van der Waals surface area contributed by atoms with E-state index in [1.807, 2.05) is 20.8 Å². The van der Waals surface area contributed by atoms with Gasteiger partial charge in [0.25, 0.3) is 5.91 Å². The molecular formula is C12H14BrF2NO. The van der Waals surface area contributed by atoms with Gasteiger partial charge in [0.05, 0.1) is 5.56 Å². The van der Waals surface area contributed by atoms with Gasteiger partial charge < -0.3 is 5.32 Å². The van der Waals surface area contributed by atoms with Gasteiger partial charge in [0.1, 0.15) is 11.6 Å². The van der Waals surface area contributed by atoms with Crippen LogP contribution in [0.25, 0.3) is 0 Å². The molecule has 17 heavy (non-hydrogen) atoms. The molecule has 1 rings (SSSR count). The van der Waals surface area contributed by atoms with Crippen molar-refractivity contribution >= 4 is 21.8 Å². The lowest BCUT2D eigenvalue weighted by molar-refractivity contribution is 0.0909. The number of rotatable bonds is 3. The summed E-state index contributed by atoms with van der Waals surface area (Å²) in [5, 5.41) is 2.68. The van der Waals surface area contributed by atoms with E-state index in [-0.39, 0.29) is 10.4 Å². The summed E-state index contributed by atoms with van der Waals surface area (Å²) in [4.78, 5) is 11.8. The quantitative estimate of drug-likeness (QED) is 0.853. The monoisotopic (exact) mass is 305 g/mol. The van der Waals surface area contributed by atoms with E-state index >= 15 is 0 Å². The first kappa shape index (κ1) is 14.1. The molecule has 0 aliphatic rings. The number of hydrogen-bond donors (Lipinski definition) is 1. The van der Waals surface area contributed by atoms with Gasteiger partial charge in [-0.15, -0.1) is 0 Å². The normalized spacial score (nSPS) is 13.3. The van der Waals surface area contributed by atoms with Crippen LogP contribution in [-0.2, 0) is 0 Å². The van der Waals surface area contributed by atoms with Crippen molar-refractivity contribution in [1.82, 2.24) is 5.32 Å². The molecule has 0 aliphatic carbocycles. The number of halogens is 3. The van der Waals surface area contributed by atoms with E-state index in [9.17, 15) is 13.6 Å². The lowest BCUT2D eigenvalue weighted by atomic mass is 10.0.